The summed E-state index contributed by atoms with van der Waals surface area (Å²) in [5, 5.41) is 0. The van der Waals surface area contributed by atoms with E-state index in [0.717, 1.165) is 38.9 Å². The number of fused-ring (bicyclic) bond motifs is 15. The molecular formula is C65H41N3S. The second kappa shape index (κ2) is 15.6. The fourth-order valence-corrected chi connectivity index (χ4v) is 13.0. The highest BCUT2D eigenvalue weighted by Crippen LogP contribution is 2.67. The largest absolute Gasteiger partial charge is 0.208 e. The van der Waals surface area contributed by atoms with Crippen molar-refractivity contribution >= 4 is 11.8 Å². The van der Waals surface area contributed by atoms with Crippen LogP contribution in [0.3, 0.4) is 0 Å². The zero-order chi connectivity index (χ0) is 45.5. The van der Waals surface area contributed by atoms with Gasteiger partial charge in [-0.1, -0.05) is 230 Å². The van der Waals surface area contributed by atoms with Gasteiger partial charge in [-0.25, -0.2) is 15.0 Å². The summed E-state index contributed by atoms with van der Waals surface area (Å²) in [6.07, 6.45) is 0. The Morgan fingerprint density at radius 3 is 1.07 bits per heavy atom. The maximum absolute atomic E-state index is 5.41. The highest BCUT2D eigenvalue weighted by molar-refractivity contribution is 7.99. The Labute approximate surface area is 405 Å². The van der Waals surface area contributed by atoms with Crippen LogP contribution in [0.4, 0.5) is 0 Å². The lowest BCUT2D eigenvalue weighted by Crippen LogP contribution is -2.45. The number of nitrogens with zero attached hydrogens (tertiary/aromatic N) is 3. The van der Waals surface area contributed by atoms with Crippen LogP contribution in [0.25, 0.3) is 67.5 Å². The highest BCUT2D eigenvalue weighted by atomic mass is 32.2. The molecule has 69 heavy (non-hydrogen) atoms. The van der Waals surface area contributed by atoms with Crippen molar-refractivity contribution in [2.24, 2.45) is 0 Å². The molecule has 322 valence electrons. The number of rotatable bonds is 5. The van der Waals surface area contributed by atoms with Gasteiger partial charge in [0.25, 0.3) is 0 Å². The van der Waals surface area contributed by atoms with Gasteiger partial charge >= 0.3 is 0 Å². The second-order valence-corrected chi connectivity index (χ2v) is 19.3. The molecule has 2 aliphatic carbocycles. The first kappa shape index (κ1) is 39.7. The van der Waals surface area contributed by atoms with E-state index >= 15 is 0 Å². The minimum Gasteiger partial charge on any atom is -0.208 e. The van der Waals surface area contributed by atoms with E-state index < -0.39 is 10.8 Å². The molecule has 11 aromatic rings. The van der Waals surface area contributed by atoms with Crippen molar-refractivity contribution in [2.45, 2.75) is 20.6 Å². The van der Waals surface area contributed by atoms with E-state index in [9.17, 15) is 0 Å². The van der Waals surface area contributed by atoms with Crippen LogP contribution >= 0.6 is 11.8 Å². The van der Waals surface area contributed by atoms with E-state index in [0.29, 0.717) is 17.5 Å². The van der Waals surface area contributed by atoms with Gasteiger partial charge in [-0.15, -0.1) is 0 Å². The van der Waals surface area contributed by atoms with Crippen molar-refractivity contribution in [3.8, 4) is 67.5 Å². The first-order valence-electron chi connectivity index (χ1n) is 23.6. The molecule has 0 amide bonds. The molecule has 4 heteroatoms. The van der Waals surface area contributed by atoms with Crippen molar-refractivity contribution in [1.82, 2.24) is 15.0 Å². The first-order valence-corrected chi connectivity index (χ1v) is 24.4. The molecule has 10 aromatic carbocycles. The summed E-state index contributed by atoms with van der Waals surface area (Å²) in [5.74, 6) is 1.87. The molecule has 0 unspecified atom stereocenters. The Hall–Kier alpha value is -8.44. The molecule has 1 aromatic heterocycles. The van der Waals surface area contributed by atoms with Gasteiger partial charge in [0, 0.05) is 26.5 Å². The maximum atomic E-state index is 5.41. The molecule has 0 N–H and O–H groups in total. The van der Waals surface area contributed by atoms with Gasteiger partial charge in [0.15, 0.2) is 17.5 Å². The summed E-state index contributed by atoms with van der Waals surface area (Å²) < 4.78 is 0. The van der Waals surface area contributed by atoms with Crippen LogP contribution in [0.1, 0.15) is 44.5 Å². The number of hydrogen-bond acceptors (Lipinski definition) is 4. The summed E-state index contributed by atoms with van der Waals surface area (Å²) in [6, 6.07) is 90.7. The third kappa shape index (κ3) is 5.86. The average Bonchev–Trinajstić information content (AvgIpc) is 3.73. The smallest absolute Gasteiger partial charge is 0.164 e. The number of benzene rings is 10. The van der Waals surface area contributed by atoms with E-state index in [2.05, 4.69) is 249 Å². The van der Waals surface area contributed by atoms with Crippen molar-refractivity contribution in [1.29, 1.82) is 0 Å². The summed E-state index contributed by atoms with van der Waals surface area (Å²) in [4.78, 5) is 18.6. The van der Waals surface area contributed by atoms with Crippen LogP contribution in [0, 0.1) is 0 Å². The van der Waals surface area contributed by atoms with Gasteiger partial charge in [0.1, 0.15) is 0 Å². The predicted octanol–water partition coefficient (Wildman–Crippen LogP) is 15.7. The zero-order valence-corrected chi connectivity index (χ0v) is 38.2. The molecule has 2 spiro atoms. The Balaban J connectivity index is 1.03. The molecule has 0 fully saturated rings. The Morgan fingerprint density at radius 1 is 0.232 bits per heavy atom. The molecule has 0 saturated heterocycles. The molecule has 0 bridgehead atoms. The molecule has 0 atom stereocenters. The molecule has 3 aliphatic rings. The fourth-order valence-electron chi connectivity index (χ4n) is 11.8. The third-order valence-corrected chi connectivity index (χ3v) is 15.8. The monoisotopic (exact) mass is 895 g/mol. The van der Waals surface area contributed by atoms with E-state index in [1.165, 1.54) is 65.4 Å². The minimum atomic E-state index is -0.676. The van der Waals surface area contributed by atoms with Gasteiger partial charge in [-0.05, 0) is 108 Å². The van der Waals surface area contributed by atoms with Gasteiger partial charge in [-0.2, -0.15) is 0 Å². The SMILES string of the molecule is c1ccc(-c2cccc(-c3nc(-c4cccc(-c5ccccc5)c4)nc(-c4ccc5c(c4)C4(c6ccccc6S5)c5ccccc5C5(c6ccccc6-c6ccccc65)c5ccccc54)n3)c2)cc1. The molecular weight excluding hydrogens is 855 g/mol. The minimum absolute atomic E-state index is 0.524. The summed E-state index contributed by atoms with van der Waals surface area (Å²) in [6.45, 7) is 0. The summed E-state index contributed by atoms with van der Waals surface area (Å²) >= 11 is 1.85. The number of aromatic nitrogens is 3. The first-order chi connectivity index (χ1) is 34.2. The Morgan fingerprint density at radius 2 is 0.580 bits per heavy atom. The normalized spacial score (nSPS) is 14.0. The Kier molecular flexibility index (Phi) is 8.95. The van der Waals surface area contributed by atoms with Gasteiger partial charge < -0.3 is 0 Å². The molecule has 0 radical (unpaired) electrons. The van der Waals surface area contributed by atoms with Crippen LogP contribution in [-0.4, -0.2) is 15.0 Å². The van der Waals surface area contributed by atoms with Crippen molar-refractivity contribution in [3.05, 3.63) is 293 Å². The quantitative estimate of drug-likeness (QED) is 0.173. The van der Waals surface area contributed by atoms with E-state index in [1.54, 1.807) is 0 Å². The second-order valence-electron chi connectivity index (χ2n) is 18.2. The van der Waals surface area contributed by atoms with Crippen LogP contribution in [0.2, 0.25) is 0 Å². The van der Waals surface area contributed by atoms with Crippen LogP contribution < -0.4 is 0 Å². The lowest BCUT2D eigenvalue weighted by Gasteiger charge is -2.51. The standard InChI is InChI=1S/C65H41N3S/c1-3-19-42(20-4-1)44-23-17-25-46(39-44)61-66-62(47-26-18-24-45(40-47)43-21-5-2-6-22-43)68-63(67-61)48-37-38-60-58(41-48)65(57-35-15-16-36-59(57)69-60)55-33-13-11-31-53(55)64(54-32-12-14-34-56(54)65)51-29-9-7-27-49(51)50-28-8-10-30-52(50)64/h1-41H. The van der Waals surface area contributed by atoms with E-state index in [4.69, 9.17) is 15.0 Å². The van der Waals surface area contributed by atoms with Crippen LogP contribution in [0.5, 0.6) is 0 Å². The zero-order valence-electron chi connectivity index (χ0n) is 37.4. The van der Waals surface area contributed by atoms with Crippen molar-refractivity contribution < 1.29 is 0 Å². The van der Waals surface area contributed by atoms with Crippen molar-refractivity contribution in [3.63, 3.8) is 0 Å². The lowest BCUT2D eigenvalue weighted by molar-refractivity contribution is 0.606. The maximum Gasteiger partial charge on any atom is 0.164 e. The predicted molar refractivity (Wildman–Crippen MR) is 280 cm³/mol. The molecule has 1 aliphatic heterocycles. The lowest BCUT2D eigenvalue weighted by atomic mass is 9.51. The van der Waals surface area contributed by atoms with Gasteiger partial charge in [-0.3, -0.25) is 0 Å². The van der Waals surface area contributed by atoms with Gasteiger partial charge in [0.05, 0.1) is 10.8 Å². The summed E-state index contributed by atoms with van der Waals surface area (Å²) in [7, 11) is 0. The topological polar surface area (TPSA) is 38.7 Å². The van der Waals surface area contributed by atoms with Gasteiger partial charge in [0.2, 0.25) is 0 Å². The molecule has 14 rings (SSSR count). The van der Waals surface area contributed by atoms with Crippen LogP contribution in [0.15, 0.2) is 259 Å². The molecule has 0 saturated carbocycles. The summed E-state index contributed by atoms with van der Waals surface area (Å²) in [5.41, 5.74) is 19.0. The molecule has 3 nitrogen and oxygen atoms in total. The number of hydrogen-bond donors (Lipinski definition) is 0. The van der Waals surface area contributed by atoms with Crippen molar-refractivity contribution in [2.75, 3.05) is 0 Å². The third-order valence-electron chi connectivity index (χ3n) is 14.7. The fraction of sp³-hybridized carbons (Fsp3) is 0.0308. The van der Waals surface area contributed by atoms with Crippen LogP contribution in [-0.2, 0) is 10.8 Å². The molecule has 2 heterocycles. The Bertz CT molecular complexity index is 3640. The van der Waals surface area contributed by atoms with E-state index in [1.807, 2.05) is 11.8 Å². The highest BCUT2D eigenvalue weighted by Gasteiger charge is 2.58. The average molecular weight is 896 g/mol. The van der Waals surface area contributed by atoms with E-state index in [-0.39, 0.29) is 0 Å².